The molecule has 0 unspecified atom stereocenters. The highest BCUT2D eigenvalue weighted by Gasteiger charge is 2.24. The van der Waals surface area contributed by atoms with E-state index in [1.165, 1.54) is 12.1 Å². The summed E-state index contributed by atoms with van der Waals surface area (Å²) in [5.41, 5.74) is 0.435. The van der Waals surface area contributed by atoms with Crippen LogP contribution in [0.5, 0.6) is 0 Å². The van der Waals surface area contributed by atoms with Crippen molar-refractivity contribution in [2.45, 2.75) is 39.2 Å². The van der Waals surface area contributed by atoms with E-state index in [0.717, 1.165) is 0 Å². The molecule has 0 saturated carbocycles. The second-order valence-corrected chi connectivity index (χ2v) is 6.61. The molecule has 2 N–H and O–H groups in total. The molecule has 0 aromatic heterocycles. The fourth-order valence-electron chi connectivity index (χ4n) is 2.81. The molecule has 0 spiro atoms. The van der Waals surface area contributed by atoms with Gasteiger partial charge < -0.3 is 15.3 Å². The number of piperidine rings is 1. The first-order chi connectivity index (χ1) is 11.4. The van der Waals surface area contributed by atoms with Gasteiger partial charge in [0, 0.05) is 31.1 Å². The number of nitrogens with zero attached hydrogens (tertiary/aromatic N) is 1. The fourth-order valence-corrected chi connectivity index (χ4v) is 2.81. The number of rotatable bonds is 5. The third-order valence-corrected chi connectivity index (χ3v) is 4.14. The van der Waals surface area contributed by atoms with Gasteiger partial charge in [0.15, 0.2) is 0 Å². The number of likely N-dealkylation sites (tertiary alicyclic amines) is 1. The maximum Gasteiger partial charge on any atom is 0.335 e. The SMILES string of the molecule is CC(C)CC(=O)N1CCC(NC(=O)c2cccc(C(=O)O)c2)CC1. The maximum atomic E-state index is 12.3. The minimum atomic E-state index is -1.05. The molecule has 0 atom stereocenters. The standard InChI is InChI=1S/C18H24N2O4/c1-12(2)10-16(21)20-8-6-15(7-9-20)19-17(22)13-4-3-5-14(11-13)18(23)24/h3-5,11-12,15H,6-10H2,1-2H3,(H,19,22)(H,23,24). The van der Waals surface area contributed by atoms with Crippen LogP contribution in [0.1, 0.15) is 53.8 Å². The monoisotopic (exact) mass is 332 g/mol. The molecule has 6 heteroatoms. The molecule has 0 bridgehead atoms. The number of carbonyl (C=O) groups is 3. The number of benzene rings is 1. The number of amides is 2. The van der Waals surface area contributed by atoms with E-state index in [1.54, 1.807) is 12.1 Å². The smallest absolute Gasteiger partial charge is 0.335 e. The summed E-state index contributed by atoms with van der Waals surface area (Å²) >= 11 is 0. The third kappa shape index (κ3) is 4.81. The second kappa shape index (κ2) is 7.95. The molecule has 1 aliphatic heterocycles. The highest BCUT2D eigenvalue weighted by Crippen LogP contribution is 2.14. The van der Waals surface area contributed by atoms with Crippen molar-refractivity contribution in [3.05, 3.63) is 35.4 Å². The average Bonchev–Trinajstić information content (AvgIpc) is 2.55. The Morgan fingerprint density at radius 2 is 1.83 bits per heavy atom. The minimum Gasteiger partial charge on any atom is -0.478 e. The van der Waals surface area contributed by atoms with Crippen LogP contribution >= 0.6 is 0 Å². The summed E-state index contributed by atoms with van der Waals surface area (Å²) in [6.07, 6.45) is 1.99. The number of carbonyl (C=O) groups excluding carboxylic acids is 2. The fraction of sp³-hybridized carbons (Fsp3) is 0.500. The van der Waals surface area contributed by atoms with Crippen LogP contribution in [-0.4, -0.2) is 46.9 Å². The first-order valence-electron chi connectivity index (χ1n) is 8.29. The van der Waals surface area contributed by atoms with Gasteiger partial charge in [-0.3, -0.25) is 9.59 Å². The van der Waals surface area contributed by atoms with Crippen molar-refractivity contribution in [2.75, 3.05) is 13.1 Å². The van der Waals surface area contributed by atoms with E-state index in [0.29, 0.717) is 43.8 Å². The largest absolute Gasteiger partial charge is 0.478 e. The van der Waals surface area contributed by atoms with Gasteiger partial charge in [0.2, 0.25) is 5.91 Å². The van der Waals surface area contributed by atoms with Gasteiger partial charge in [-0.2, -0.15) is 0 Å². The zero-order valence-corrected chi connectivity index (χ0v) is 14.1. The molecule has 1 heterocycles. The molecule has 0 aliphatic carbocycles. The molecule has 6 nitrogen and oxygen atoms in total. The lowest BCUT2D eigenvalue weighted by molar-refractivity contribution is -0.133. The Kier molecular flexibility index (Phi) is 5.95. The number of aromatic carboxylic acids is 1. The van der Waals surface area contributed by atoms with Crippen molar-refractivity contribution in [1.29, 1.82) is 0 Å². The first kappa shape index (κ1) is 18.0. The van der Waals surface area contributed by atoms with Crippen molar-refractivity contribution < 1.29 is 19.5 Å². The second-order valence-electron chi connectivity index (χ2n) is 6.61. The molecule has 2 rings (SSSR count). The summed E-state index contributed by atoms with van der Waals surface area (Å²) in [4.78, 5) is 37.1. The molecule has 0 radical (unpaired) electrons. The van der Waals surface area contributed by atoms with E-state index in [1.807, 2.05) is 18.7 Å². The van der Waals surface area contributed by atoms with Crippen molar-refractivity contribution >= 4 is 17.8 Å². The highest BCUT2D eigenvalue weighted by molar-refractivity contribution is 5.97. The van der Waals surface area contributed by atoms with E-state index in [2.05, 4.69) is 5.32 Å². The zero-order valence-electron chi connectivity index (χ0n) is 14.1. The van der Waals surface area contributed by atoms with Gasteiger partial charge >= 0.3 is 5.97 Å². The van der Waals surface area contributed by atoms with Gasteiger partial charge in [-0.05, 0) is 37.0 Å². The summed E-state index contributed by atoms with van der Waals surface area (Å²) in [6.45, 7) is 5.34. The number of hydrogen-bond acceptors (Lipinski definition) is 3. The van der Waals surface area contributed by atoms with E-state index < -0.39 is 5.97 Å². The van der Waals surface area contributed by atoms with Gasteiger partial charge in [-0.15, -0.1) is 0 Å². The molecule has 1 aromatic rings. The molecule has 1 aliphatic rings. The van der Waals surface area contributed by atoms with Crippen LogP contribution in [0, 0.1) is 5.92 Å². The van der Waals surface area contributed by atoms with Gasteiger partial charge in [-0.1, -0.05) is 19.9 Å². The Hall–Kier alpha value is -2.37. The van der Waals surface area contributed by atoms with Gasteiger partial charge in [0.05, 0.1) is 5.56 Å². The van der Waals surface area contributed by atoms with Crippen molar-refractivity contribution in [2.24, 2.45) is 5.92 Å². The van der Waals surface area contributed by atoms with Gasteiger partial charge in [-0.25, -0.2) is 4.79 Å². The molecule has 1 saturated heterocycles. The zero-order chi connectivity index (χ0) is 17.7. The molecule has 1 aromatic carbocycles. The number of carboxylic acids is 1. The molecule has 130 valence electrons. The lowest BCUT2D eigenvalue weighted by atomic mass is 10.0. The topological polar surface area (TPSA) is 86.7 Å². The summed E-state index contributed by atoms with van der Waals surface area (Å²) < 4.78 is 0. The first-order valence-corrected chi connectivity index (χ1v) is 8.29. The minimum absolute atomic E-state index is 0.00841. The molecule has 2 amide bonds. The third-order valence-electron chi connectivity index (χ3n) is 4.14. The maximum absolute atomic E-state index is 12.3. The van der Waals surface area contributed by atoms with E-state index in [4.69, 9.17) is 5.11 Å². The van der Waals surface area contributed by atoms with Crippen LogP contribution in [0.25, 0.3) is 0 Å². The number of nitrogens with one attached hydrogen (secondary N) is 1. The van der Waals surface area contributed by atoms with E-state index in [-0.39, 0.29) is 23.4 Å². The van der Waals surface area contributed by atoms with Gasteiger partial charge in [0.1, 0.15) is 0 Å². The van der Waals surface area contributed by atoms with Crippen LogP contribution in [0.4, 0.5) is 0 Å². The van der Waals surface area contributed by atoms with Crippen molar-refractivity contribution in [3.8, 4) is 0 Å². The Balaban J connectivity index is 1.87. The lowest BCUT2D eigenvalue weighted by Crippen LogP contribution is -2.46. The number of hydrogen-bond donors (Lipinski definition) is 2. The van der Waals surface area contributed by atoms with Crippen molar-refractivity contribution in [3.63, 3.8) is 0 Å². The summed E-state index contributed by atoms with van der Waals surface area (Å²) in [5, 5.41) is 11.9. The summed E-state index contributed by atoms with van der Waals surface area (Å²) in [7, 11) is 0. The predicted octanol–water partition coefficient (Wildman–Crippen LogP) is 2.15. The predicted molar refractivity (Wildman–Crippen MR) is 89.9 cm³/mol. The Morgan fingerprint density at radius 3 is 2.42 bits per heavy atom. The highest BCUT2D eigenvalue weighted by atomic mass is 16.4. The van der Waals surface area contributed by atoms with E-state index >= 15 is 0 Å². The molecule has 24 heavy (non-hydrogen) atoms. The summed E-state index contributed by atoms with van der Waals surface area (Å²) in [6, 6.07) is 6.00. The van der Waals surface area contributed by atoms with Crippen molar-refractivity contribution in [1.82, 2.24) is 10.2 Å². The van der Waals surface area contributed by atoms with Crippen LogP contribution in [-0.2, 0) is 4.79 Å². The van der Waals surface area contributed by atoms with Crippen LogP contribution in [0.2, 0.25) is 0 Å². The number of carboxylic acid groups (broad SMARTS) is 1. The Labute approximate surface area is 141 Å². The lowest BCUT2D eigenvalue weighted by Gasteiger charge is -2.32. The summed E-state index contributed by atoms with van der Waals surface area (Å²) in [5.74, 6) is -0.813. The van der Waals surface area contributed by atoms with Gasteiger partial charge in [0.25, 0.3) is 5.91 Å². The van der Waals surface area contributed by atoms with Crippen LogP contribution in [0.15, 0.2) is 24.3 Å². The molecule has 1 fully saturated rings. The Morgan fingerprint density at radius 1 is 1.21 bits per heavy atom. The normalized spacial score (nSPS) is 15.4. The molecular formula is C18H24N2O4. The van der Waals surface area contributed by atoms with E-state index in [9.17, 15) is 14.4 Å². The average molecular weight is 332 g/mol. The van der Waals surface area contributed by atoms with Crippen LogP contribution in [0.3, 0.4) is 0 Å². The Bertz CT molecular complexity index is 619. The van der Waals surface area contributed by atoms with Crippen LogP contribution < -0.4 is 5.32 Å². The molecular weight excluding hydrogens is 308 g/mol. The quantitative estimate of drug-likeness (QED) is 0.865.